The molecule has 13 heavy (non-hydrogen) atoms. The van der Waals surface area contributed by atoms with Crippen LogP contribution in [0.1, 0.15) is 28.9 Å². The molecule has 0 atom stereocenters. The Morgan fingerprint density at radius 3 is 2.69 bits per heavy atom. The molecule has 0 radical (unpaired) electrons. The first kappa shape index (κ1) is 11.4. The van der Waals surface area contributed by atoms with Crippen molar-refractivity contribution in [2.75, 3.05) is 5.33 Å². The minimum Gasteiger partial charge on any atom is -0.293 e. The van der Waals surface area contributed by atoms with E-state index in [2.05, 4.69) is 31.9 Å². The first-order valence-electron chi connectivity index (χ1n) is 4.08. The molecule has 1 aromatic heterocycles. The Hall–Kier alpha value is 0.330. The summed E-state index contributed by atoms with van der Waals surface area (Å²) in [7, 11) is 0. The second kappa shape index (κ2) is 5.94. The van der Waals surface area contributed by atoms with Crippen molar-refractivity contribution >= 4 is 49.0 Å². The van der Waals surface area contributed by atoms with Gasteiger partial charge in [-0.1, -0.05) is 15.9 Å². The summed E-state index contributed by atoms with van der Waals surface area (Å²) in [5, 5.41) is 0.981. The van der Waals surface area contributed by atoms with Crippen molar-refractivity contribution in [3.05, 3.63) is 20.8 Å². The van der Waals surface area contributed by atoms with E-state index >= 15 is 0 Å². The molecule has 72 valence electrons. The molecular weight excluding hydrogens is 316 g/mol. The molecule has 0 aliphatic rings. The molecule has 0 aliphatic carbocycles. The van der Waals surface area contributed by atoms with Gasteiger partial charge in [-0.3, -0.25) is 4.79 Å². The van der Waals surface area contributed by atoms with E-state index in [9.17, 15) is 4.79 Å². The Bertz CT molecular complexity index is 283. The van der Waals surface area contributed by atoms with E-state index in [1.165, 1.54) is 11.3 Å². The zero-order valence-corrected chi connectivity index (χ0v) is 11.0. The summed E-state index contributed by atoms with van der Waals surface area (Å²) in [6, 6.07) is 3.80. The second-order valence-electron chi connectivity index (χ2n) is 2.67. The van der Waals surface area contributed by atoms with Crippen molar-refractivity contribution in [1.29, 1.82) is 0 Å². The van der Waals surface area contributed by atoms with Crippen LogP contribution in [0.3, 0.4) is 0 Å². The maximum atomic E-state index is 11.5. The highest BCUT2D eigenvalue weighted by Crippen LogP contribution is 2.23. The Balaban J connectivity index is 2.40. The number of carbonyl (C=O) groups is 1. The zero-order valence-electron chi connectivity index (χ0n) is 7.06. The van der Waals surface area contributed by atoms with Crippen LogP contribution in [0.4, 0.5) is 0 Å². The van der Waals surface area contributed by atoms with Crippen LogP contribution in [0.15, 0.2) is 15.9 Å². The van der Waals surface area contributed by atoms with Gasteiger partial charge >= 0.3 is 0 Å². The first-order valence-corrected chi connectivity index (χ1v) is 6.81. The number of Topliss-reactive ketones (excluding diaryl/α,β-unsaturated/α-hetero) is 1. The molecule has 0 amide bonds. The van der Waals surface area contributed by atoms with Gasteiger partial charge in [-0.25, -0.2) is 0 Å². The van der Waals surface area contributed by atoms with Gasteiger partial charge in [-0.2, -0.15) is 0 Å². The van der Waals surface area contributed by atoms with E-state index in [0.29, 0.717) is 6.42 Å². The van der Waals surface area contributed by atoms with Crippen molar-refractivity contribution in [3.63, 3.8) is 0 Å². The van der Waals surface area contributed by atoms with Crippen LogP contribution >= 0.6 is 43.2 Å². The number of carbonyl (C=O) groups excluding carboxylic acids is 1. The summed E-state index contributed by atoms with van der Waals surface area (Å²) >= 11 is 8.19. The summed E-state index contributed by atoms with van der Waals surface area (Å²) in [4.78, 5) is 12.4. The van der Waals surface area contributed by atoms with Gasteiger partial charge in [0.15, 0.2) is 5.78 Å². The van der Waals surface area contributed by atoms with E-state index in [1.54, 1.807) is 0 Å². The molecule has 1 heterocycles. The van der Waals surface area contributed by atoms with Gasteiger partial charge in [-0.05, 0) is 40.9 Å². The molecule has 1 nitrogen and oxygen atoms in total. The summed E-state index contributed by atoms with van der Waals surface area (Å²) in [6.07, 6.45) is 2.70. The molecule has 0 saturated heterocycles. The number of unbranched alkanes of at least 4 members (excludes halogenated alkanes) is 1. The fourth-order valence-corrected chi connectivity index (χ4v) is 2.72. The topological polar surface area (TPSA) is 17.1 Å². The Kier molecular flexibility index (Phi) is 5.21. The highest BCUT2D eigenvalue weighted by molar-refractivity contribution is 9.11. The van der Waals surface area contributed by atoms with E-state index in [1.807, 2.05) is 12.1 Å². The Labute approximate surface area is 98.8 Å². The highest BCUT2D eigenvalue weighted by atomic mass is 79.9. The average Bonchev–Trinajstić information content (AvgIpc) is 2.52. The molecule has 4 heteroatoms. The predicted molar refractivity (Wildman–Crippen MR) is 64.0 cm³/mol. The van der Waals surface area contributed by atoms with Crippen molar-refractivity contribution in [2.24, 2.45) is 0 Å². The molecule has 1 aromatic rings. The van der Waals surface area contributed by atoms with Crippen molar-refractivity contribution < 1.29 is 4.79 Å². The lowest BCUT2D eigenvalue weighted by atomic mass is 10.2. The smallest absolute Gasteiger partial charge is 0.172 e. The zero-order chi connectivity index (χ0) is 9.68. The van der Waals surface area contributed by atoms with Crippen molar-refractivity contribution in [2.45, 2.75) is 19.3 Å². The maximum absolute atomic E-state index is 11.5. The van der Waals surface area contributed by atoms with Crippen molar-refractivity contribution in [3.8, 4) is 0 Å². The van der Waals surface area contributed by atoms with Crippen LogP contribution in [0, 0.1) is 0 Å². The highest BCUT2D eigenvalue weighted by Gasteiger charge is 2.07. The predicted octanol–water partition coefficient (Wildman–Crippen LogP) is 4.26. The largest absolute Gasteiger partial charge is 0.293 e. The van der Waals surface area contributed by atoms with E-state index < -0.39 is 0 Å². The van der Waals surface area contributed by atoms with Crippen LogP contribution in [0.25, 0.3) is 0 Å². The number of hydrogen-bond donors (Lipinski definition) is 0. The minimum atomic E-state index is 0.261. The summed E-state index contributed by atoms with van der Waals surface area (Å²) in [5.74, 6) is 0.261. The van der Waals surface area contributed by atoms with Crippen LogP contribution in [0.2, 0.25) is 0 Å². The number of rotatable bonds is 5. The quantitative estimate of drug-likeness (QED) is 0.449. The first-order chi connectivity index (χ1) is 6.24. The second-order valence-corrected chi connectivity index (χ2v) is 5.93. The third-order valence-corrected chi connectivity index (χ3v) is 3.86. The summed E-state index contributed by atoms with van der Waals surface area (Å²) < 4.78 is 1.02. The van der Waals surface area contributed by atoms with Gasteiger partial charge in [0, 0.05) is 11.8 Å². The van der Waals surface area contributed by atoms with Gasteiger partial charge < -0.3 is 0 Å². The number of hydrogen-bond acceptors (Lipinski definition) is 2. The van der Waals surface area contributed by atoms with Gasteiger partial charge in [0.2, 0.25) is 0 Å². The van der Waals surface area contributed by atoms with Gasteiger partial charge in [0.1, 0.15) is 0 Å². The third kappa shape index (κ3) is 3.92. The van der Waals surface area contributed by atoms with Crippen LogP contribution < -0.4 is 0 Å². The lowest BCUT2D eigenvalue weighted by Crippen LogP contribution is -1.95. The van der Waals surface area contributed by atoms with Gasteiger partial charge in [0.05, 0.1) is 8.66 Å². The van der Waals surface area contributed by atoms with Gasteiger partial charge in [0.25, 0.3) is 0 Å². The molecule has 0 bridgehead atoms. The number of ketones is 1. The van der Waals surface area contributed by atoms with Crippen molar-refractivity contribution in [1.82, 2.24) is 0 Å². The Morgan fingerprint density at radius 2 is 2.15 bits per heavy atom. The normalized spacial score (nSPS) is 10.3. The molecular formula is C9H10Br2OS. The van der Waals surface area contributed by atoms with Gasteiger partial charge in [-0.15, -0.1) is 11.3 Å². The molecule has 0 aromatic carbocycles. The number of halogens is 2. The number of alkyl halides is 1. The third-order valence-electron chi connectivity index (χ3n) is 1.64. The monoisotopic (exact) mass is 324 g/mol. The average molecular weight is 326 g/mol. The minimum absolute atomic E-state index is 0.261. The molecule has 0 spiro atoms. The summed E-state index contributed by atoms with van der Waals surface area (Å²) in [5.41, 5.74) is 0. The summed E-state index contributed by atoms with van der Waals surface area (Å²) in [6.45, 7) is 0. The molecule has 0 aliphatic heterocycles. The standard InChI is InChI=1S/C9H10Br2OS/c10-6-2-1-3-7(12)8-4-5-9(11)13-8/h4-5H,1-3,6H2. The fourth-order valence-electron chi connectivity index (χ4n) is 0.967. The van der Waals surface area contributed by atoms with E-state index in [4.69, 9.17) is 0 Å². The van der Waals surface area contributed by atoms with Crippen LogP contribution in [-0.4, -0.2) is 11.1 Å². The molecule has 0 N–H and O–H groups in total. The van der Waals surface area contributed by atoms with E-state index in [0.717, 1.165) is 26.8 Å². The molecule has 0 fully saturated rings. The number of thiophene rings is 1. The molecule has 0 saturated carbocycles. The van der Waals surface area contributed by atoms with E-state index in [-0.39, 0.29) is 5.78 Å². The lowest BCUT2D eigenvalue weighted by Gasteiger charge is -1.95. The SMILES string of the molecule is O=C(CCCCBr)c1ccc(Br)s1. The molecule has 0 unspecified atom stereocenters. The van der Waals surface area contributed by atoms with Crippen LogP contribution in [0.5, 0.6) is 0 Å². The van der Waals surface area contributed by atoms with Crippen LogP contribution in [-0.2, 0) is 0 Å². The lowest BCUT2D eigenvalue weighted by molar-refractivity contribution is 0.0984. The fraction of sp³-hybridized carbons (Fsp3) is 0.444. The molecule has 1 rings (SSSR count). The maximum Gasteiger partial charge on any atom is 0.172 e. The Morgan fingerprint density at radius 1 is 1.38 bits per heavy atom.